The SMILES string of the molecule is CCC1CCCCC1(O)CCC(=O)O. The lowest BCUT2D eigenvalue weighted by molar-refractivity contribution is -0.140. The molecule has 2 atom stereocenters. The molecule has 0 aromatic heterocycles. The lowest BCUT2D eigenvalue weighted by Crippen LogP contribution is -2.40. The van der Waals surface area contributed by atoms with Gasteiger partial charge in [0.05, 0.1) is 5.60 Å². The maximum absolute atomic E-state index is 10.5. The Hall–Kier alpha value is -0.570. The summed E-state index contributed by atoms with van der Waals surface area (Å²) in [6.45, 7) is 2.07. The van der Waals surface area contributed by atoms with Gasteiger partial charge in [0.25, 0.3) is 0 Å². The van der Waals surface area contributed by atoms with Gasteiger partial charge in [0, 0.05) is 6.42 Å². The molecule has 0 bridgehead atoms. The molecule has 0 spiro atoms. The molecule has 0 aliphatic heterocycles. The topological polar surface area (TPSA) is 57.5 Å². The van der Waals surface area contributed by atoms with Crippen LogP contribution in [0.3, 0.4) is 0 Å². The first kappa shape index (κ1) is 11.5. The molecule has 3 heteroatoms. The second kappa shape index (κ2) is 4.78. The number of carbonyl (C=O) groups is 1. The van der Waals surface area contributed by atoms with E-state index in [4.69, 9.17) is 5.11 Å². The molecule has 1 aliphatic carbocycles. The van der Waals surface area contributed by atoms with Gasteiger partial charge < -0.3 is 10.2 Å². The van der Waals surface area contributed by atoms with E-state index >= 15 is 0 Å². The summed E-state index contributed by atoms with van der Waals surface area (Å²) in [4.78, 5) is 10.5. The first-order valence-corrected chi connectivity index (χ1v) is 5.52. The van der Waals surface area contributed by atoms with Crippen LogP contribution in [0.25, 0.3) is 0 Å². The summed E-state index contributed by atoms with van der Waals surface area (Å²) in [6, 6.07) is 0. The van der Waals surface area contributed by atoms with E-state index in [9.17, 15) is 9.90 Å². The summed E-state index contributed by atoms with van der Waals surface area (Å²) in [6.07, 6.45) is 5.50. The standard InChI is InChI=1S/C11H20O3/c1-2-9-5-3-4-7-11(9,14)8-6-10(12)13/h9,14H,2-8H2,1H3,(H,12,13). The van der Waals surface area contributed by atoms with Crippen molar-refractivity contribution in [1.82, 2.24) is 0 Å². The highest BCUT2D eigenvalue weighted by atomic mass is 16.4. The van der Waals surface area contributed by atoms with Crippen molar-refractivity contribution >= 4 is 5.97 Å². The smallest absolute Gasteiger partial charge is 0.303 e. The van der Waals surface area contributed by atoms with E-state index in [1.165, 1.54) is 6.42 Å². The van der Waals surface area contributed by atoms with Crippen LogP contribution in [0.1, 0.15) is 51.9 Å². The fraction of sp³-hybridized carbons (Fsp3) is 0.909. The van der Waals surface area contributed by atoms with Crippen molar-refractivity contribution in [2.45, 2.75) is 57.5 Å². The second-order valence-electron chi connectivity index (χ2n) is 4.35. The Kier molecular flexibility index (Phi) is 3.93. The molecule has 2 unspecified atom stereocenters. The Bertz CT molecular complexity index is 203. The zero-order valence-electron chi connectivity index (χ0n) is 8.83. The normalized spacial score (nSPS) is 32.9. The van der Waals surface area contributed by atoms with Gasteiger partial charge in [-0.2, -0.15) is 0 Å². The highest BCUT2D eigenvalue weighted by molar-refractivity contribution is 5.66. The van der Waals surface area contributed by atoms with Gasteiger partial charge in [-0.05, 0) is 25.2 Å². The zero-order chi connectivity index (χ0) is 10.6. The van der Waals surface area contributed by atoms with E-state index < -0.39 is 11.6 Å². The fourth-order valence-corrected chi connectivity index (χ4v) is 2.53. The van der Waals surface area contributed by atoms with E-state index in [-0.39, 0.29) is 6.42 Å². The second-order valence-corrected chi connectivity index (χ2v) is 4.35. The van der Waals surface area contributed by atoms with Gasteiger partial charge in [-0.15, -0.1) is 0 Å². The number of carboxylic acids is 1. The Morgan fingerprint density at radius 3 is 2.79 bits per heavy atom. The van der Waals surface area contributed by atoms with E-state index in [0.29, 0.717) is 12.3 Å². The largest absolute Gasteiger partial charge is 0.481 e. The number of rotatable bonds is 4. The number of carboxylic acid groups (broad SMARTS) is 1. The summed E-state index contributed by atoms with van der Waals surface area (Å²) in [7, 11) is 0. The summed E-state index contributed by atoms with van der Waals surface area (Å²) >= 11 is 0. The van der Waals surface area contributed by atoms with Gasteiger partial charge in [0.1, 0.15) is 0 Å². The summed E-state index contributed by atoms with van der Waals surface area (Å²) in [5.41, 5.74) is -0.703. The molecule has 1 rings (SSSR count). The minimum absolute atomic E-state index is 0.0903. The molecule has 1 fully saturated rings. The quantitative estimate of drug-likeness (QED) is 0.731. The Morgan fingerprint density at radius 1 is 1.50 bits per heavy atom. The first-order chi connectivity index (χ1) is 6.58. The average Bonchev–Trinajstić information content (AvgIpc) is 2.16. The monoisotopic (exact) mass is 200 g/mol. The Balaban J connectivity index is 2.53. The number of aliphatic carboxylic acids is 1. The molecule has 0 saturated heterocycles. The van der Waals surface area contributed by atoms with Crippen LogP contribution in [0.15, 0.2) is 0 Å². The highest BCUT2D eigenvalue weighted by Gasteiger charge is 2.37. The fourth-order valence-electron chi connectivity index (χ4n) is 2.53. The molecular weight excluding hydrogens is 180 g/mol. The summed E-state index contributed by atoms with van der Waals surface area (Å²) < 4.78 is 0. The van der Waals surface area contributed by atoms with Gasteiger partial charge in [0.15, 0.2) is 0 Å². The third kappa shape index (κ3) is 2.71. The van der Waals surface area contributed by atoms with Crippen molar-refractivity contribution in [3.8, 4) is 0 Å². The third-order valence-corrected chi connectivity index (χ3v) is 3.44. The van der Waals surface area contributed by atoms with Crippen LogP contribution >= 0.6 is 0 Å². The van der Waals surface area contributed by atoms with Gasteiger partial charge in [0.2, 0.25) is 0 Å². The van der Waals surface area contributed by atoms with Crippen LogP contribution in [-0.2, 0) is 4.79 Å². The van der Waals surface area contributed by atoms with Crippen LogP contribution in [0.4, 0.5) is 0 Å². The van der Waals surface area contributed by atoms with Crippen molar-refractivity contribution in [1.29, 1.82) is 0 Å². The third-order valence-electron chi connectivity index (χ3n) is 3.44. The average molecular weight is 200 g/mol. The molecule has 0 aromatic carbocycles. The molecule has 0 heterocycles. The van der Waals surface area contributed by atoms with Crippen molar-refractivity contribution < 1.29 is 15.0 Å². The molecule has 0 aromatic rings. The van der Waals surface area contributed by atoms with Crippen LogP contribution < -0.4 is 0 Å². The van der Waals surface area contributed by atoms with Gasteiger partial charge >= 0.3 is 5.97 Å². The van der Waals surface area contributed by atoms with E-state index in [1.54, 1.807) is 0 Å². The van der Waals surface area contributed by atoms with Gasteiger partial charge in [-0.3, -0.25) is 4.79 Å². The number of hydrogen-bond donors (Lipinski definition) is 2. The molecule has 82 valence electrons. The minimum atomic E-state index is -0.807. The maximum atomic E-state index is 10.5. The maximum Gasteiger partial charge on any atom is 0.303 e. The highest BCUT2D eigenvalue weighted by Crippen LogP contribution is 2.38. The van der Waals surface area contributed by atoms with E-state index in [1.807, 2.05) is 0 Å². The predicted octanol–water partition coefficient (Wildman–Crippen LogP) is 2.18. The molecule has 0 radical (unpaired) electrons. The van der Waals surface area contributed by atoms with Crippen LogP contribution in [0.2, 0.25) is 0 Å². The summed E-state index contributed by atoms with van der Waals surface area (Å²) in [5, 5.41) is 18.9. The van der Waals surface area contributed by atoms with Crippen LogP contribution in [0, 0.1) is 5.92 Å². The van der Waals surface area contributed by atoms with Crippen molar-refractivity contribution in [2.75, 3.05) is 0 Å². The van der Waals surface area contributed by atoms with E-state index in [2.05, 4.69) is 6.92 Å². The van der Waals surface area contributed by atoms with Gasteiger partial charge in [-0.1, -0.05) is 26.2 Å². The predicted molar refractivity (Wildman–Crippen MR) is 54.1 cm³/mol. The van der Waals surface area contributed by atoms with Crippen molar-refractivity contribution in [2.24, 2.45) is 5.92 Å². The van der Waals surface area contributed by atoms with E-state index in [0.717, 1.165) is 25.7 Å². The lowest BCUT2D eigenvalue weighted by Gasteiger charge is -2.39. The number of hydrogen-bond acceptors (Lipinski definition) is 2. The van der Waals surface area contributed by atoms with Crippen LogP contribution in [-0.4, -0.2) is 21.8 Å². The zero-order valence-corrected chi connectivity index (χ0v) is 8.83. The Labute approximate surface area is 85.1 Å². The molecule has 1 saturated carbocycles. The molecule has 1 aliphatic rings. The van der Waals surface area contributed by atoms with Crippen LogP contribution in [0.5, 0.6) is 0 Å². The minimum Gasteiger partial charge on any atom is -0.481 e. The number of aliphatic hydroxyl groups is 1. The first-order valence-electron chi connectivity index (χ1n) is 5.52. The molecule has 2 N–H and O–H groups in total. The van der Waals surface area contributed by atoms with Crippen molar-refractivity contribution in [3.05, 3.63) is 0 Å². The molecule has 14 heavy (non-hydrogen) atoms. The van der Waals surface area contributed by atoms with Gasteiger partial charge in [-0.25, -0.2) is 0 Å². The van der Waals surface area contributed by atoms with Crippen molar-refractivity contribution in [3.63, 3.8) is 0 Å². The molecular formula is C11H20O3. The Morgan fingerprint density at radius 2 is 2.21 bits per heavy atom. The molecule has 3 nitrogen and oxygen atoms in total. The lowest BCUT2D eigenvalue weighted by atomic mass is 9.72. The molecule has 0 amide bonds. The summed E-state index contributed by atoms with van der Waals surface area (Å²) in [5.74, 6) is -0.505.